The molecule has 1 heterocycles. The summed E-state index contributed by atoms with van der Waals surface area (Å²) in [6.45, 7) is 0. The molecule has 0 aliphatic heterocycles. The molecule has 3 rings (SSSR count). The van der Waals surface area contributed by atoms with Gasteiger partial charge in [-0.25, -0.2) is 4.98 Å². The highest BCUT2D eigenvalue weighted by Crippen LogP contribution is 2.37. The molecule has 0 atom stereocenters. The molecule has 0 saturated heterocycles. The molecule has 0 radical (unpaired) electrons. The van der Waals surface area contributed by atoms with Crippen molar-refractivity contribution in [1.82, 2.24) is 4.98 Å². The van der Waals surface area contributed by atoms with Gasteiger partial charge in [-0.2, -0.15) is 0 Å². The lowest BCUT2D eigenvalue weighted by Gasteiger charge is -2.19. The fourth-order valence-corrected chi connectivity index (χ4v) is 4.30. The zero-order chi connectivity index (χ0) is 13.1. The van der Waals surface area contributed by atoms with Gasteiger partial charge in [0.25, 0.3) is 0 Å². The summed E-state index contributed by atoms with van der Waals surface area (Å²) in [4.78, 5) is 17.8. The van der Waals surface area contributed by atoms with Crippen molar-refractivity contribution in [1.29, 1.82) is 0 Å². The zero-order valence-electron chi connectivity index (χ0n) is 11.4. The average molecular weight is 278 g/mol. The largest absolute Gasteiger partial charge is 0.302 e. The Balaban J connectivity index is 1.59. The molecule has 0 bridgehead atoms. The topological polar surface area (TPSA) is 42.0 Å². The third kappa shape index (κ3) is 3.16. The van der Waals surface area contributed by atoms with E-state index in [0.717, 1.165) is 18.0 Å². The van der Waals surface area contributed by atoms with Crippen molar-refractivity contribution in [3.05, 3.63) is 11.1 Å². The zero-order valence-corrected chi connectivity index (χ0v) is 12.2. The molecule has 19 heavy (non-hydrogen) atoms. The van der Waals surface area contributed by atoms with Crippen LogP contribution in [0.4, 0.5) is 5.13 Å². The highest BCUT2D eigenvalue weighted by molar-refractivity contribution is 7.15. The van der Waals surface area contributed by atoms with E-state index in [1.54, 1.807) is 11.3 Å². The maximum absolute atomic E-state index is 12.1. The summed E-state index contributed by atoms with van der Waals surface area (Å²) in [6, 6.07) is 0. The molecule has 1 amide bonds. The number of amides is 1. The molecule has 104 valence electrons. The monoisotopic (exact) mass is 278 g/mol. The summed E-state index contributed by atoms with van der Waals surface area (Å²) in [5, 5.41) is 3.82. The van der Waals surface area contributed by atoms with Crippen LogP contribution in [-0.4, -0.2) is 10.9 Å². The molecular formula is C15H22N2OS. The summed E-state index contributed by atoms with van der Waals surface area (Å²) in [7, 11) is 0. The number of aromatic nitrogens is 1. The van der Waals surface area contributed by atoms with Gasteiger partial charge in [0.1, 0.15) is 0 Å². The van der Waals surface area contributed by atoms with Crippen LogP contribution in [0.5, 0.6) is 0 Å². The Kier molecular flexibility index (Phi) is 4.16. The van der Waals surface area contributed by atoms with E-state index < -0.39 is 0 Å². The molecule has 2 aliphatic carbocycles. The lowest BCUT2D eigenvalue weighted by molar-refractivity contribution is -0.119. The number of thiazole rings is 1. The Morgan fingerprint density at radius 3 is 2.53 bits per heavy atom. The first-order chi connectivity index (χ1) is 9.33. The first kappa shape index (κ1) is 13.1. The lowest BCUT2D eigenvalue weighted by Crippen LogP contribution is -2.19. The van der Waals surface area contributed by atoms with Crippen molar-refractivity contribution in [2.75, 3.05) is 5.32 Å². The predicted octanol–water partition coefficient (Wildman–Crippen LogP) is 4.32. The second-order valence-corrected chi connectivity index (χ2v) is 6.94. The summed E-state index contributed by atoms with van der Waals surface area (Å²) < 4.78 is 0. The second kappa shape index (κ2) is 6.04. The molecule has 0 unspecified atom stereocenters. The molecule has 4 heteroatoms. The van der Waals surface area contributed by atoms with E-state index in [1.807, 2.05) is 6.20 Å². The molecule has 1 aromatic rings. The second-order valence-electron chi connectivity index (χ2n) is 5.87. The number of carbonyl (C=O) groups excluding carboxylic acids is 1. The van der Waals surface area contributed by atoms with Crippen molar-refractivity contribution >= 4 is 22.4 Å². The number of nitrogens with zero attached hydrogens (tertiary/aromatic N) is 1. The Labute approximate surface area is 118 Å². The van der Waals surface area contributed by atoms with Crippen molar-refractivity contribution in [2.45, 2.75) is 63.7 Å². The van der Waals surface area contributed by atoms with Crippen LogP contribution in [0.2, 0.25) is 0 Å². The normalized spacial score (nSPS) is 21.7. The third-order valence-electron chi connectivity index (χ3n) is 4.49. The fraction of sp³-hybridized carbons (Fsp3) is 0.733. The Morgan fingerprint density at radius 1 is 1.11 bits per heavy atom. The van der Waals surface area contributed by atoms with E-state index in [0.29, 0.717) is 5.92 Å². The molecular weight excluding hydrogens is 256 g/mol. The van der Waals surface area contributed by atoms with Gasteiger partial charge >= 0.3 is 0 Å². The standard InChI is InChI=1S/C15H22N2OS/c18-14(12-8-4-5-9-12)17-15-16-10-13(19-15)11-6-2-1-3-7-11/h10-12H,1-9H2,(H,16,17,18). The molecule has 0 aromatic carbocycles. The Hall–Kier alpha value is -0.900. The van der Waals surface area contributed by atoms with Gasteiger partial charge < -0.3 is 5.32 Å². The third-order valence-corrected chi connectivity index (χ3v) is 5.56. The van der Waals surface area contributed by atoms with Crippen LogP contribution in [0, 0.1) is 5.92 Å². The van der Waals surface area contributed by atoms with Crippen LogP contribution in [0.3, 0.4) is 0 Å². The molecule has 0 spiro atoms. The number of hydrogen-bond donors (Lipinski definition) is 1. The van der Waals surface area contributed by atoms with Gasteiger partial charge in [-0.3, -0.25) is 4.79 Å². The maximum Gasteiger partial charge on any atom is 0.229 e. The summed E-state index contributed by atoms with van der Waals surface area (Å²) in [5.74, 6) is 1.09. The van der Waals surface area contributed by atoms with E-state index in [9.17, 15) is 4.79 Å². The van der Waals surface area contributed by atoms with E-state index in [1.165, 1.54) is 49.8 Å². The average Bonchev–Trinajstić information content (AvgIpc) is 3.11. The lowest BCUT2D eigenvalue weighted by atomic mass is 9.89. The van der Waals surface area contributed by atoms with Crippen LogP contribution in [-0.2, 0) is 4.79 Å². The van der Waals surface area contributed by atoms with Crippen LogP contribution < -0.4 is 5.32 Å². The number of nitrogens with one attached hydrogen (secondary N) is 1. The van der Waals surface area contributed by atoms with Gasteiger partial charge in [0.2, 0.25) is 5.91 Å². The summed E-state index contributed by atoms with van der Waals surface area (Å²) in [6.07, 6.45) is 13.1. The maximum atomic E-state index is 12.1. The van der Waals surface area contributed by atoms with Gasteiger partial charge in [-0.05, 0) is 31.6 Å². The minimum atomic E-state index is 0.182. The predicted molar refractivity (Wildman–Crippen MR) is 78.5 cm³/mol. The Bertz CT molecular complexity index is 431. The fourth-order valence-electron chi connectivity index (χ4n) is 3.32. The van der Waals surface area contributed by atoms with E-state index in [2.05, 4.69) is 10.3 Å². The molecule has 2 fully saturated rings. The molecule has 2 saturated carbocycles. The SMILES string of the molecule is O=C(Nc1ncc(C2CCCCC2)s1)C1CCCC1. The van der Waals surface area contributed by atoms with Gasteiger partial charge in [-0.1, -0.05) is 32.1 Å². The molecule has 2 aliphatic rings. The van der Waals surface area contributed by atoms with Gasteiger partial charge in [0.05, 0.1) is 0 Å². The minimum absolute atomic E-state index is 0.182. The van der Waals surface area contributed by atoms with E-state index in [-0.39, 0.29) is 11.8 Å². The number of rotatable bonds is 3. The number of carbonyl (C=O) groups is 1. The highest BCUT2D eigenvalue weighted by Gasteiger charge is 2.24. The molecule has 1 aromatic heterocycles. The quantitative estimate of drug-likeness (QED) is 0.894. The van der Waals surface area contributed by atoms with Gasteiger partial charge in [-0.15, -0.1) is 11.3 Å². The summed E-state index contributed by atoms with van der Waals surface area (Å²) >= 11 is 1.68. The van der Waals surface area contributed by atoms with E-state index in [4.69, 9.17) is 0 Å². The van der Waals surface area contributed by atoms with Gasteiger partial charge in [0.15, 0.2) is 5.13 Å². The van der Waals surface area contributed by atoms with Crippen molar-refractivity contribution in [3.63, 3.8) is 0 Å². The highest BCUT2D eigenvalue weighted by atomic mass is 32.1. The first-order valence-electron chi connectivity index (χ1n) is 7.59. The van der Waals surface area contributed by atoms with Gasteiger partial charge in [0, 0.05) is 17.0 Å². The van der Waals surface area contributed by atoms with E-state index >= 15 is 0 Å². The minimum Gasteiger partial charge on any atom is -0.302 e. The Morgan fingerprint density at radius 2 is 1.79 bits per heavy atom. The van der Waals surface area contributed by atoms with Crippen LogP contribution in [0.15, 0.2) is 6.20 Å². The van der Waals surface area contributed by atoms with Crippen molar-refractivity contribution < 1.29 is 4.79 Å². The van der Waals surface area contributed by atoms with Crippen LogP contribution in [0.25, 0.3) is 0 Å². The number of hydrogen-bond acceptors (Lipinski definition) is 3. The summed E-state index contributed by atoms with van der Waals surface area (Å²) in [5.41, 5.74) is 0. The smallest absolute Gasteiger partial charge is 0.229 e. The van der Waals surface area contributed by atoms with Crippen LogP contribution >= 0.6 is 11.3 Å². The van der Waals surface area contributed by atoms with Crippen molar-refractivity contribution in [3.8, 4) is 0 Å². The first-order valence-corrected chi connectivity index (χ1v) is 8.41. The van der Waals surface area contributed by atoms with Crippen molar-refractivity contribution in [2.24, 2.45) is 5.92 Å². The molecule has 3 nitrogen and oxygen atoms in total. The van der Waals surface area contributed by atoms with Crippen LogP contribution in [0.1, 0.15) is 68.6 Å². The number of anilines is 1. The molecule has 1 N–H and O–H groups in total.